The fourth-order valence-electron chi connectivity index (χ4n) is 6.27. The van der Waals surface area contributed by atoms with E-state index in [4.69, 9.17) is 23.2 Å². The molecule has 4 aromatic carbocycles. The van der Waals surface area contributed by atoms with Crippen molar-refractivity contribution in [3.05, 3.63) is 129 Å². The third kappa shape index (κ3) is 9.24. The first-order chi connectivity index (χ1) is 23.4. The number of carbonyl (C=O) groups excluding carboxylic acids is 2. The second-order valence-corrected chi connectivity index (χ2v) is 15.6. The Morgan fingerprint density at radius 2 is 1.47 bits per heavy atom. The van der Waals surface area contributed by atoms with Gasteiger partial charge in [-0.3, -0.25) is 13.9 Å². The lowest BCUT2D eigenvalue weighted by Gasteiger charge is -2.35. The Bertz CT molecular complexity index is 1880. The van der Waals surface area contributed by atoms with Gasteiger partial charge in [0.2, 0.25) is 11.8 Å². The summed E-state index contributed by atoms with van der Waals surface area (Å²) >= 11 is 12.7. The molecule has 0 saturated heterocycles. The minimum Gasteiger partial charge on any atom is -0.352 e. The molecule has 0 aromatic heterocycles. The SMILES string of the molecule is Cc1ccc(S(=O)(=O)N(CC(=O)N(Cc2ccc(Cl)c(Cl)c2)[C@H](Cc2ccccc2)C(=O)NC2CCCCC2)c2cc(C)ccc2C)cc1. The Morgan fingerprint density at radius 1 is 0.796 bits per heavy atom. The molecule has 10 heteroatoms. The van der Waals surface area contributed by atoms with Crippen LogP contribution >= 0.6 is 23.2 Å². The van der Waals surface area contributed by atoms with Gasteiger partial charge in [-0.25, -0.2) is 8.42 Å². The third-order valence-electron chi connectivity index (χ3n) is 9.08. The second-order valence-electron chi connectivity index (χ2n) is 12.9. The Balaban J connectivity index is 1.60. The fourth-order valence-corrected chi connectivity index (χ4v) is 8.06. The van der Waals surface area contributed by atoms with Gasteiger partial charge in [-0.2, -0.15) is 0 Å². The Kier molecular flexibility index (Phi) is 12.1. The van der Waals surface area contributed by atoms with Gasteiger partial charge >= 0.3 is 0 Å². The van der Waals surface area contributed by atoms with E-state index in [2.05, 4.69) is 5.32 Å². The van der Waals surface area contributed by atoms with Crippen molar-refractivity contribution in [2.75, 3.05) is 10.8 Å². The first kappa shape index (κ1) is 36.4. The average molecular weight is 721 g/mol. The molecule has 0 spiro atoms. The molecular weight excluding hydrogens is 677 g/mol. The molecule has 1 fully saturated rings. The van der Waals surface area contributed by atoms with Crippen molar-refractivity contribution in [1.29, 1.82) is 0 Å². The van der Waals surface area contributed by atoms with Crippen LogP contribution in [0.3, 0.4) is 0 Å². The number of nitrogens with one attached hydrogen (secondary N) is 1. The molecule has 5 rings (SSSR count). The van der Waals surface area contributed by atoms with Crippen LogP contribution in [-0.4, -0.2) is 43.8 Å². The smallest absolute Gasteiger partial charge is 0.264 e. The summed E-state index contributed by atoms with van der Waals surface area (Å²) in [5.74, 6) is -0.800. The van der Waals surface area contributed by atoms with Crippen LogP contribution in [-0.2, 0) is 32.6 Å². The number of rotatable bonds is 12. The van der Waals surface area contributed by atoms with E-state index in [0.717, 1.165) is 48.8 Å². The first-order valence-corrected chi connectivity index (χ1v) is 18.9. The van der Waals surface area contributed by atoms with E-state index in [1.807, 2.05) is 63.2 Å². The van der Waals surface area contributed by atoms with E-state index in [1.54, 1.807) is 48.5 Å². The largest absolute Gasteiger partial charge is 0.352 e. The number of amides is 2. The zero-order valence-electron chi connectivity index (χ0n) is 28.2. The van der Waals surface area contributed by atoms with Crippen molar-refractivity contribution in [3.8, 4) is 0 Å². The summed E-state index contributed by atoms with van der Waals surface area (Å²) in [4.78, 5) is 30.7. The lowest BCUT2D eigenvalue weighted by atomic mass is 9.94. The van der Waals surface area contributed by atoms with Crippen molar-refractivity contribution in [3.63, 3.8) is 0 Å². The lowest BCUT2D eigenvalue weighted by molar-refractivity contribution is -0.140. The van der Waals surface area contributed by atoms with Gasteiger partial charge in [0.15, 0.2) is 0 Å². The van der Waals surface area contributed by atoms with Crippen LogP contribution in [0.25, 0.3) is 0 Å². The van der Waals surface area contributed by atoms with Gasteiger partial charge in [-0.15, -0.1) is 0 Å². The molecule has 0 unspecified atom stereocenters. The Hall–Kier alpha value is -3.85. The summed E-state index contributed by atoms with van der Waals surface area (Å²) in [6.07, 6.45) is 5.18. The van der Waals surface area contributed by atoms with Crippen molar-refractivity contribution in [1.82, 2.24) is 10.2 Å². The van der Waals surface area contributed by atoms with Crippen molar-refractivity contribution < 1.29 is 18.0 Å². The Morgan fingerprint density at radius 3 is 2.14 bits per heavy atom. The van der Waals surface area contributed by atoms with Gasteiger partial charge in [0.05, 0.1) is 20.6 Å². The highest BCUT2D eigenvalue weighted by molar-refractivity contribution is 7.92. The molecule has 1 N–H and O–H groups in total. The molecule has 258 valence electrons. The number of anilines is 1. The summed E-state index contributed by atoms with van der Waals surface area (Å²) in [5, 5.41) is 3.91. The number of benzene rings is 4. The molecule has 0 heterocycles. The monoisotopic (exact) mass is 719 g/mol. The second kappa shape index (κ2) is 16.2. The highest BCUT2D eigenvalue weighted by Gasteiger charge is 2.36. The normalized spacial score (nSPS) is 14.2. The quantitative estimate of drug-likeness (QED) is 0.160. The maximum Gasteiger partial charge on any atom is 0.264 e. The maximum atomic E-state index is 14.8. The minimum absolute atomic E-state index is 0.00908. The summed E-state index contributed by atoms with van der Waals surface area (Å²) < 4.78 is 30.0. The molecule has 1 saturated carbocycles. The molecule has 1 aliphatic carbocycles. The van der Waals surface area contributed by atoms with E-state index >= 15 is 0 Å². The third-order valence-corrected chi connectivity index (χ3v) is 11.6. The number of halogens is 2. The summed E-state index contributed by atoms with van der Waals surface area (Å²) in [6.45, 7) is 5.07. The molecule has 0 bridgehead atoms. The molecular formula is C39H43Cl2N3O4S. The van der Waals surface area contributed by atoms with E-state index in [0.29, 0.717) is 26.9 Å². The predicted octanol–water partition coefficient (Wildman–Crippen LogP) is 8.20. The number of hydrogen-bond donors (Lipinski definition) is 1. The molecule has 1 aliphatic rings. The van der Waals surface area contributed by atoms with E-state index in [-0.39, 0.29) is 29.8 Å². The van der Waals surface area contributed by atoms with Crippen molar-refractivity contribution in [2.45, 2.75) is 82.8 Å². The molecule has 49 heavy (non-hydrogen) atoms. The number of hydrogen-bond acceptors (Lipinski definition) is 4. The molecule has 4 aromatic rings. The number of nitrogens with zero attached hydrogens (tertiary/aromatic N) is 2. The molecule has 7 nitrogen and oxygen atoms in total. The van der Waals surface area contributed by atoms with E-state index in [1.165, 1.54) is 9.21 Å². The highest BCUT2D eigenvalue weighted by atomic mass is 35.5. The zero-order valence-corrected chi connectivity index (χ0v) is 30.5. The number of sulfonamides is 1. The lowest BCUT2D eigenvalue weighted by Crippen LogP contribution is -2.55. The van der Waals surface area contributed by atoms with Gasteiger partial charge < -0.3 is 10.2 Å². The highest BCUT2D eigenvalue weighted by Crippen LogP contribution is 2.30. The first-order valence-electron chi connectivity index (χ1n) is 16.7. The van der Waals surface area contributed by atoms with Crippen LogP contribution in [0, 0.1) is 20.8 Å². The van der Waals surface area contributed by atoms with Crippen molar-refractivity contribution in [2.24, 2.45) is 0 Å². The summed E-state index contributed by atoms with van der Waals surface area (Å²) in [6, 6.07) is 25.8. The Labute approximate surface area is 300 Å². The summed E-state index contributed by atoms with van der Waals surface area (Å²) in [7, 11) is -4.20. The zero-order chi connectivity index (χ0) is 35.1. The molecule has 0 radical (unpaired) electrons. The van der Waals surface area contributed by atoms with Crippen LogP contribution in [0.4, 0.5) is 5.69 Å². The van der Waals surface area contributed by atoms with Crippen molar-refractivity contribution >= 4 is 50.7 Å². The van der Waals surface area contributed by atoms with E-state index < -0.39 is 28.5 Å². The maximum absolute atomic E-state index is 14.8. The molecule has 0 aliphatic heterocycles. The van der Waals surface area contributed by atoms with Crippen LogP contribution in [0.1, 0.15) is 59.9 Å². The average Bonchev–Trinajstić information content (AvgIpc) is 3.09. The van der Waals surface area contributed by atoms with Gasteiger partial charge in [-0.1, -0.05) is 109 Å². The number of carbonyl (C=O) groups is 2. The fraction of sp³-hybridized carbons (Fsp3) is 0.333. The van der Waals surface area contributed by atoms with Gasteiger partial charge in [0, 0.05) is 19.0 Å². The number of aryl methyl sites for hydroxylation is 3. The standard InChI is InChI=1S/C39H43Cl2N3O4S/c1-27-15-19-33(20-16-27)49(47,48)44(36-22-28(2)14-17-29(36)3)26-38(45)43(25-31-18-21-34(40)35(41)23-31)37(24-30-10-6-4-7-11-30)39(46)42-32-12-8-5-9-13-32/h4,6-7,10-11,14-23,32,37H,5,8-9,12-13,24-26H2,1-3H3,(H,42,46)/t37-/m1/s1. The molecule has 2 amide bonds. The minimum atomic E-state index is -4.20. The van der Waals surface area contributed by atoms with E-state index in [9.17, 15) is 18.0 Å². The predicted molar refractivity (Wildman–Crippen MR) is 198 cm³/mol. The van der Waals surface area contributed by atoms with Gasteiger partial charge in [-0.05, 0) is 86.2 Å². The van der Waals surface area contributed by atoms with Gasteiger partial charge in [0.1, 0.15) is 12.6 Å². The van der Waals surface area contributed by atoms with Crippen LogP contribution in [0.2, 0.25) is 10.0 Å². The summed E-state index contributed by atoms with van der Waals surface area (Å²) in [5.41, 5.74) is 4.38. The van der Waals surface area contributed by atoms with Crippen LogP contribution in [0.5, 0.6) is 0 Å². The van der Waals surface area contributed by atoms with Crippen LogP contribution in [0.15, 0.2) is 95.9 Å². The van der Waals surface area contributed by atoms with Gasteiger partial charge in [0.25, 0.3) is 10.0 Å². The topological polar surface area (TPSA) is 86.8 Å². The van der Waals surface area contributed by atoms with Crippen LogP contribution < -0.4 is 9.62 Å². The molecule has 1 atom stereocenters.